The highest BCUT2D eigenvalue weighted by Crippen LogP contribution is 2.27. The van der Waals surface area contributed by atoms with Crippen molar-refractivity contribution in [3.63, 3.8) is 0 Å². The lowest BCUT2D eigenvalue weighted by Gasteiger charge is -2.22. The predicted molar refractivity (Wildman–Crippen MR) is 103 cm³/mol. The molecule has 2 aromatic carbocycles. The van der Waals surface area contributed by atoms with E-state index in [0.29, 0.717) is 0 Å². The van der Waals surface area contributed by atoms with Crippen molar-refractivity contribution >= 4 is 22.4 Å². The molecule has 25 heavy (non-hydrogen) atoms. The van der Waals surface area contributed by atoms with Crippen LogP contribution < -0.4 is 10.1 Å². The molecule has 0 aliphatic rings. The van der Waals surface area contributed by atoms with Crippen LogP contribution in [0.2, 0.25) is 0 Å². The first-order valence-corrected chi connectivity index (χ1v) is 8.81. The van der Waals surface area contributed by atoms with Crippen molar-refractivity contribution in [1.82, 2.24) is 0 Å². The molecule has 2 aromatic rings. The lowest BCUT2D eigenvalue weighted by atomic mass is 9.89. The fraction of sp³-hybridized carbons (Fsp3) is 0.476. The average Bonchev–Trinajstić information content (AvgIpc) is 2.59. The van der Waals surface area contributed by atoms with Crippen LogP contribution in [0.4, 0.5) is 5.69 Å². The Morgan fingerprint density at radius 1 is 1.12 bits per heavy atom. The molecule has 0 aliphatic carbocycles. The normalized spacial score (nSPS) is 13.1. The van der Waals surface area contributed by atoms with Crippen molar-refractivity contribution in [3.8, 4) is 5.75 Å². The zero-order chi connectivity index (χ0) is 18.6. The van der Waals surface area contributed by atoms with Crippen LogP contribution in [0, 0.1) is 11.3 Å². The maximum atomic E-state index is 12.3. The van der Waals surface area contributed by atoms with Crippen molar-refractivity contribution in [3.05, 3.63) is 36.4 Å². The number of nitrogens with one attached hydrogen (secondary N) is 1. The minimum absolute atomic E-state index is 0.0363. The Bertz CT molecular complexity index is 737. The Hall–Kier alpha value is -2.07. The van der Waals surface area contributed by atoms with Gasteiger partial charge in [-0.05, 0) is 41.5 Å². The molecule has 0 radical (unpaired) electrons. The summed E-state index contributed by atoms with van der Waals surface area (Å²) in [6.45, 7) is 10.0. The highest BCUT2D eigenvalue weighted by molar-refractivity contribution is 5.97. The Balaban J connectivity index is 2.19. The number of carbonyl (C=O) groups is 1. The summed E-state index contributed by atoms with van der Waals surface area (Å²) in [5.41, 5.74) is 0.434. The van der Waals surface area contributed by atoms with Crippen molar-refractivity contribution in [2.45, 2.75) is 47.3 Å². The number of ether oxygens (including phenoxy) is 2. The first-order valence-electron chi connectivity index (χ1n) is 8.81. The number of anilines is 1. The summed E-state index contributed by atoms with van der Waals surface area (Å²) in [6.07, 6.45) is 0.524. The van der Waals surface area contributed by atoms with E-state index in [4.69, 9.17) is 9.47 Å². The van der Waals surface area contributed by atoms with Crippen LogP contribution in [0.15, 0.2) is 36.4 Å². The van der Waals surface area contributed by atoms with Gasteiger partial charge in [0.15, 0.2) is 0 Å². The Morgan fingerprint density at radius 2 is 1.76 bits per heavy atom. The molecule has 0 heterocycles. The molecular weight excluding hydrogens is 314 g/mol. The van der Waals surface area contributed by atoms with Crippen LogP contribution >= 0.6 is 0 Å². The van der Waals surface area contributed by atoms with E-state index >= 15 is 0 Å². The van der Waals surface area contributed by atoms with E-state index in [1.54, 1.807) is 7.11 Å². The van der Waals surface area contributed by atoms with Gasteiger partial charge in [-0.2, -0.15) is 0 Å². The quantitative estimate of drug-likeness (QED) is 0.701. The molecule has 0 aromatic heterocycles. The molecule has 136 valence electrons. The molecule has 2 rings (SSSR count). The highest BCUT2D eigenvalue weighted by atomic mass is 16.7. The van der Waals surface area contributed by atoms with Crippen LogP contribution in [-0.2, 0) is 9.53 Å². The van der Waals surface area contributed by atoms with E-state index in [-0.39, 0.29) is 23.5 Å². The summed E-state index contributed by atoms with van der Waals surface area (Å²) in [6, 6.07) is 11.8. The van der Waals surface area contributed by atoms with Crippen LogP contribution in [0.3, 0.4) is 0 Å². The summed E-state index contributed by atoms with van der Waals surface area (Å²) in [7, 11) is 1.65. The van der Waals surface area contributed by atoms with Crippen molar-refractivity contribution < 1.29 is 14.3 Å². The molecule has 0 saturated carbocycles. The van der Waals surface area contributed by atoms with Gasteiger partial charge in [-0.1, -0.05) is 46.8 Å². The molecule has 0 bridgehead atoms. The van der Waals surface area contributed by atoms with Gasteiger partial charge in [0.05, 0.1) is 0 Å². The molecule has 1 unspecified atom stereocenters. The number of fused-ring (bicyclic) bond motifs is 1. The molecule has 0 aliphatic heterocycles. The van der Waals surface area contributed by atoms with Gasteiger partial charge in [0, 0.05) is 24.1 Å². The Morgan fingerprint density at radius 3 is 2.36 bits per heavy atom. The molecule has 1 N–H and O–H groups in total. The minimum atomic E-state index is -0.376. The second-order valence-electron chi connectivity index (χ2n) is 7.38. The number of rotatable bonds is 7. The third-order valence-corrected chi connectivity index (χ3v) is 4.60. The van der Waals surface area contributed by atoms with E-state index < -0.39 is 0 Å². The van der Waals surface area contributed by atoms with Gasteiger partial charge >= 0.3 is 0 Å². The smallest absolute Gasteiger partial charge is 0.230 e. The molecule has 0 saturated heterocycles. The minimum Gasteiger partial charge on any atom is -0.465 e. The fourth-order valence-electron chi connectivity index (χ4n) is 2.43. The monoisotopic (exact) mass is 343 g/mol. The van der Waals surface area contributed by atoms with Crippen LogP contribution in [-0.4, -0.2) is 19.3 Å². The third-order valence-electron chi connectivity index (χ3n) is 4.60. The zero-order valence-electron chi connectivity index (χ0n) is 16.1. The van der Waals surface area contributed by atoms with Crippen molar-refractivity contribution in [2.75, 3.05) is 12.4 Å². The topological polar surface area (TPSA) is 47.6 Å². The van der Waals surface area contributed by atoms with Gasteiger partial charge in [-0.25, -0.2) is 0 Å². The van der Waals surface area contributed by atoms with Gasteiger partial charge in [-0.3, -0.25) is 4.79 Å². The van der Waals surface area contributed by atoms with Crippen molar-refractivity contribution in [1.29, 1.82) is 0 Å². The molecule has 1 atom stereocenters. The van der Waals surface area contributed by atoms with Crippen molar-refractivity contribution in [2.24, 2.45) is 11.3 Å². The molecule has 4 nitrogen and oxygen atoms in total. The van der Waals surface area contributed by atoms with E-state index in [0.717, 1.165) is 28.6 Å². The predicted octanol–water partition coefficient (Wildman–Crippen LogP) is 5.22. The molecular formula is C21H29NO3. The molecule has 4 heteroatoms. The van der Waals surface area contributed by atoms with Gasteiger partial charge in [0.1, 0.15) is 5.75 Å². The first-order chi connectivity index (χ1) is 11.8. The lowest BCUT2D eigenvalue weighted by Crippen LogP contribution is -2.29. The van der Waals surface area contributed by atoms with Gasteiger partial charge in [0.25, 0.3) is 0 Å². The summed E-state index contributed by atoms with van der Waals surface area (Å²) in [4.78, 5) is 12.3. The van der Waals surface area contributed by atoms with E-state index in [2.05, 4.69) is 19.2 Å². The summed E-state index contributed by atoms with van der Waals surface area (Å²) in [5, 5.41) is 5.12. The number of hydrogen-bond acceptors (Lipinski definition) is 3. The second kappa shape index (κ2) is 7.87. The fourth-order valence-corrected chi connectivity index (χ4v) is 2.43. The van der Waals surface area contributed by atoms with Gasteiger partial charge in [0.2, 0.25) is 12.2 Å². The van der Waals surface area contributed by atoms with E-state index in [9.17, 15) is 4.79 Å². The molecule has 0 spiro atoms. The average molecular weight is 343 g/mol. The van der Waals surface area contributed by atoms with E-state index in [1.165, 1.54) is 0 Å². The number of benzene rings is 2. The first kappa shape index (κ1) is 19.3. The highest BCUT2D eigenvalue weighted by Gasteiger charge is 2.25. The van der Waals surface area contributed by atoms with Crippen LogP contribution in [0.5, 0.6) is 5.75 Å². The summed E-state index contributed by atoms with van der Waals surface area (Å²) >= 11 is 0. The number of methoxy groups -OCH3 is 1. The lowest BCUT2D eigenvalue weighted by molar-refractivity contribution is -0.124. The number of hydrogen-bond donors (Lipinski definition) is 1. The third kappa shape index (κ3) is 4.73. The van der Waals surface area contributed by atoms with Crippen LogP contribution in [0.1, 0.15) is 41.0 Å². The number of amides is 1. The SMILES string of the molecule is CCC(C)(C)C(=O)Nc1ccc2cc(OC(OC)C(C)C)ccc2c1. The van der Waals surface area contributed by atoms with Gasteiger partial charge < -0.3 is 14.8 Å². The second-order valence-corrected chi connectivity index (χ2v) is 7.38. The largest absolute Gasteiger partial charge is 0.465 e. The maximum Gasteiger partial charge on any atom is 0.230 e. The Labute approximate surface area is 150 Å². The van der Waals surface area contributed by atoms with Crippen LogP contribution in [0.25, 0.3) is 10.8 Å². The summed E-state index contributed by atoms with van der Waals surface area (Å²) in [5.74, 6) is 1.08. The summed E-state index contributed by atoms with van der Waals surface area (Å²) < 4.78 is 11.3. The zero-order valence-corrected chi connectivity index (χ0v) is 16.1. The maximum absolute atomic E-state index is 12.3. The number of carbonyl (C=O) groups excluding carboxylic acids is 1. The Kier molecular flexibility index (Phi) is 6.07. The molecule has 1 amide bonds. The molecule has 0 fully saturated rings. The van der Waals surface area contributed by atoms with Gasteiger partial charge in [-0.15, -0.1) is 0 Å². The standard InChI is InChI=1S/C21H29NO3/c1-7-21(4,5)20(23)22-17-10-8-16-13-18(11-9-15(16)12-17)25-19(24-6)14(2)3/h8-14,19H,7H2,1-6H3,(H,22,23). The van der Waals surface area contributed by atoms with E-state index in [1.807, 2.05) is 57.2 Å².